The molecule has 3 nitrogen and oxygen atoms in total. The Labute approximate surface area is 165 Å². The van der Waals surface area contributed by atoms with Gasteiger partial charge in [-0.1, -0.05) is 53.5 Å². The van der Waals surface area contributed by atoms with Crippen molar-refractivity contribution in [2.45, 2.75) is 18.4 Å². The van der Waals surface area contributed by atoms with Gasteiger partial charge in [0, 0.05) is 44.7 Å². The van der Waals surface area contributed by atoms with Crippen molar-refractivity contribution in [1.82, 2.24) is 9.80 Å². The fourth-order valence-electron chi connectivity index (χ4n) is 4.44. The summed E-state index contributed by atoms with van der Waals surface area (Å²) in [7, 11) is 0. The van der Waals surface area contributed by atoms with E-state index in [2.05, 4.69) is 40.1 Å². The Hall–Kier alpha value is -1.10. The monoisotopic (exact) mass is 390 g/mol. The molecule has 1 aliphatic heterocycles. The topological polar surface area (TPSA) is 26.7 Å². The zero-order valence-corrected chi connectivity index (χ0v) is 16.3. The smallest absolute Gasteiger partial charge is 0.0595 e. The maximum atomic E-state index is 9.15. The molecule has 26 heavy (non-hydrogen) atoms. The summed E-state index contributed by atoms with van der Waals surface area (Å²) >= 11 is 12.4. The second-order valence-electron chi connectivity index (χ2n) is 7.21. The molecule has 1 fully saturated rings. The van der Waals surface area contributed by atoms with Crippen LogP contribution in [0.2, 0.25) is 10.0 Å². The summed E-state index contributed by atoms with van der Waals surface area (Å²) in [6.45, 7) is 5.17. The first-order valence-corrected chi connectivity index (χ1v) is 10.0. The first-order chi connectivity index (χ1) is 12.7. The molecule has 1 saturated heterocycles. The van der Waals surface area contributed by atoms with Gasteiger partial charge in [0.2, 0.25) is 0 Å². The number of benzene rings is 2. The lowest BCUT2D eigenvalue weighted by molar-refractivity contribution is 0.0827. The van der Waals surface area contributed by atoms with Crippen LogP contribution in [-0.4, -0.2) is 54.2 Å². The SMILES string of the molecule is OCCN1CCN([C@@H]2C[C@@H](c3ccc(Cl)c(Cl)c3)c3ccccc32)CC1. The van der Waals surface area contributed by atoms with Gasteiger partial charge in [-0.2, -0.15) is 0 Å². The molecule has 0 radical (unpaired) electrons. The summed E-state index contributed by atoms with van der Waals surface area (Å²) in [6, 6.07) is 15.3. The lowest BCUT2D eigenvalue weighted by atomic mass is 9.93. The maximum absolute atomic E-state index is 9.15. The van der Waals surface area contributed by atoms with Crippen molar-refractivity contribution in [2.75, 3.05) is 39.3 Å². The maximum Gasteiger partial charge on any atom is 0.0595 e. The van der Waals surface area contributed by atoms with E-state index in [0.29, 0.717) is 22.0 Å². The van der Waals surface area contributed by atoms with E-state index >= 15 is 0 Å². The average Bonchev–Trinajstić information content (AvgIpc) is 3.05. The quantitative estimate of drug-likeness (QED) is 0.847. The van der Waals surface area contributed by atoms with Gasteiger partial charge in [-0.3, -0.25) is 9.80 Å². The molecule has 0 aromatic heterocycles. The van der Waals surface area contributed by atoms with Crippen LogP contribution in [0.3, 0.4) is 0 Å². The minimum absolute atomic E-state index is 0.242. The number of β-amino-alcohol motifs (C(OH)–C–C–N with tert-alkyl or cyclic N) is 1. The van der Waals surface area contributed by atoms with Gasteiger partial charge < -0.3 is 5.11 Å². The van der Waals surface area contributed by atoms with Crippen molar-refractivity contribution < 1.29 is 5.11 Å². The standard InChI is InChI=1S/C21H24Cl2N2O/c22-19-6-5-15(13-20(19)23)18-14-21(17-4-2-1-3-16(17)18)25-9-7-24(8-10-25)11-12-26/h1-6,13,18,21,26H,7-12,14H2/t18-,21+/m0/s1. The summed E-state index contributed by atoms with van der Waals surface area (Å²) in [4.78, 5) is 4.94. The molecule has 1 aliphatic carbocycles. The second-order valence-corrected chi connectivity index (χ2v) is 8.02. The van der Waals surface area contributed by atoms with Gasteiger partial charge in [-0.15, -0.1) is 0 Å². The number of halogens is 2. The van der Waals surface area contributed by atoms with Gasteiger partial charge in [0.15, 0.2) is 0 Å². The number of hydrogen-bond donors (Lipinski definition) is 1. The van der Waals surface area contributed by atoms with Crippen molar-refractivity contribution in [3.05, 3.63) is 69.2 Å². The molecule has 0 saturated carbocycles. The predicted octanol–water partition coefficient (Wildman–Crippen LogP) is 4.18. The minimum Gasteiger partial charge on any atom is -0.395 e. The summed E-state index contributed by atoms with van der Waals surface area (Å²) in [6.07, 6.45) is 1.08. The van der Waals surface area contributed by atoms with Gasteiger partial charge in [0.05, 0.1) is 16.7 Å². The number of hydrogen-bond acceptors (Lipinski definition) is 3. The Balaban J connectivity index is 1.58. The number of aliphatic hydroxyl groups excluding tert-OH is 1. The number of aliphatic hydroxyl groups is 1. The largest absolute Gasteiger partial charge is 0.395 e. The van der Waals surface area contributed by atoms with E-state index in [1.807, 2.05) is 12.1 Å². The first kappa shape index (κ1) is 18.3. The molecule has 0 spiro atoms. The minimum atomic E-state index is 0.242. The zero-order chi connectivity index (χ0) is 18.1. The summed E-state index contributed by atoms with van der Waals surface area (Å²) in [5, 5.41) is 10.4. The fourth-order valence-corrected chi connectivity index (χ4v) is 4.75. The third kappa shape index (κ3) is 3.51. The Morgan fingerprint density at radius 1 is 0.923 bits per heavy atom. The van der Waals surface area contributed by atoms with Crippen molar-refractivity contribution in [2.24, 2.45) is 0 Å². The van der Waals surface area contributed by atoms with Crippen LogP contribution in [0.1, 0.15) is 35.1 Å². The van der Waals surface area contributed by atoms with Gasteiger partial charge in [0.1, 0.15) is 0 Å². The molecule has 2 aromatic carbocycles. The molecular weight excluding hydrogens is 367 g/mol. The highest BCUT2D eigenvalue weighted by Crippen LogP contribution is 2.47. The highest BCUT2D eigenvalue weighted by Gasteiger charge is 2.36. The molecule has 2 aliphatic rings. The summed E-state index contributed by atoms with van der Waals surface area (Å²) < 4.78 is 0. The van der Waals surface area contributed by atoms with Gasteiger partial charge >= 0.3 is 0 Å². The Morgan fingerprint density at radius 3 is 2.35 bits per heavy atom. The molecular formula is C21H24Cl2N2O. The van der Waals surface area contributed by atoms with E-state index in [4.69, 9.17) is 28.3 Å². The lowest BCUT2D eigenvalue weighted by Crippen LogP contribution is -2.48. The molecule has 0 unspecified atom stereocenters. The number of fused-ring (bicyclic) bond motifs is 1. The van der Waals surface area contributed by atoms with Crippen molar-refractivity contribution in [3.8, 4) is 0 Å². The fraction of sp³-hybridized carbons (Fsp3) is 0.429. The van der Waals surface area contributed by atoms with E-state index in [-0.39, 0.29) is 6.61 Å². The number of nitrogens with zero attached hydrogens (tertiary/aromatic N) is 2. The number of rotatable bonds is 4. The molecule has 0 bridgehead atoms. The van der Waals surface area contributed by atoms with Crippen LogP contribution in [0, 0.1) is 0 Å². The van der Waals surface area contributed by atoms with E-state index in [0.717, 1.165) is 39.1 Å². The highest BCUT2D eigenvalue weighted by molar-refractivity contribution is 6.42. The van der Waals surface area contributed by atoms with Crippen molar-refractivity contribution in [3.63, 3.8) is 0 Å². The van der Waals surface area contributed by atoms with Crippen LogP contribution in [0.15, 0.2) is 42.5 Å². The molecule has 138 valence electrons. The van der Waals surface area contributed by atoms with Crippen LogP contribution >= 0.6 is 23.2 Å². The normalized spacial score (nSPS) is 24.0. The third-order valence-corrected chi connectivity index (χ3v) is 6.54. The molecule has 2 aromatic rings. The summed E-state index contributed by atoms with van der Waals surface area (Å²) in [5.41, 5.74) is 4.10. The van der Waals surface area contributed by atoms with Crippen LogP contribution in [0.25, 0.3) is 0 Å². The van der Waals surface area contributed by atoms with Crippen molar-refractivity contribution >= 4 is 23.2 Å². The van der Waals surface area contributed by atoms with Gasteiger partial charge in [-0.25, -0.2) is 0 Å². The average molecular weight is 391 g/mol. The first-order valence-electron chi connectivity index (χ1n) is 9.28. The Bertz CT molecular complexity index is 774. The molecule has 2 atom stereocenters. The zero-order valence-electron chi connectivity index (χ0n) is 14.7. The van der Waals surface area contributed by atoms with Crippen LogP contribution in [-0.2, 0) is 0 Å². The second kappa shape index (κ2) is 7.87. The third-order valence-electron chi connectivity index (χ3n) is 5.80. The Morgan fingerprint density at radius 2 is 1.65 bits per heavy atom. The molecule has 0 amide bonds. The molecule has 1 N–H and O–H groups in total. The predicted molar refractivity (Wildman–Crippen MR) is 107 cm³/mol. The van der Waals surface area contributed by atoms with E-state index < -0.39 is 0 Å². The Kier molecular flexibility index (Phi) is 5.53. The van der Waals surface area contributed by atoms with Crippen LogP contribution < -0.4 is 0 Å². The van der Waals surface area contributed by atoms with Crippen LogP contribution in [0.5, 0.6) is 0 Å². The molecule has 4 rings (SSSR count). The van der Waals surface area contributed by atoms with Crippen LogP contribution in [0.4, 0.5) is 0 Å². The van der Waals surface area contributed by atoms with E-state index in [1.165, 1.54) is 16.7 Å². The van der Waals surface area contributed by atoms with Gasteiger partial charge in [0.25, 0.3) is 0 Å². The molecule has 1 heterocycles. The van der Waals surface area contributed by atoms with E-state index in [9.17, 15) is 0 Å². The molecule has 5 heteroatoms. The number of piperazine rings is 1. The lowest BCUT2D eigenvalue weighted by Gasteiger charge is -2.38. The van der Waals surface area contributed by atoms with Crippen molar-refractivity contribution in [1.29, 1.82) is 0 Å². The highest BCUT2D eigenvalue weighted by atomic mass is 35.5. The van der Waals surface area contributed by atoms with E-state index in [1.54, 1.807) is 0 Å². The summed E-state index contributed by atoms with van der Waals surface area (Å²) in [5.74, 6) is 0.362. The van der Waals surface area contributed by atoms with Gasteiger partial charge in [-0.05, 0) is 35.2 Å².